The highest BCUT2D eigenvalue weighted by Crippen LogP contribution is 2.47. The van der Waals surface area contributed by atoms with Crippen LogP contribution < -0.4 is 0 Å². The summed E-state index contributed by atoms with van der Waals surface area (Å²) in [5.41, 5.74) is 0.0857. The van der Waals surface area contributed by atoms with Crippen molar-refractivity contribution >= 4 is 5.91 Å². The summed E-state index contributed by atoms with van der Waals surface area (Å²) in [5, 5.41) is 0. The Labute approximate surface area is 123 Å². The molecule has 0 spiro atoms. The van der Waals surface area contributed by atoms with Crippen LogP contribution in [-0.4, -0.2) is 17.9 Å². The maximum Gasteiger partial charge on any atom is 0.256 e. The van der Waals surface area contributed by atoms with Crippen molar-refractivity contribution in [2.24, 2.45) is 5.92 Å². The van der Waals surface area contributed by atoms with Gasteiger partial charge >= 0.3 is 0 Å². The molecule has 2 unspecified atom stereocenters. The largest absolute Gasteiger partial charge is 0.464 e. The highest BCUT2D eigenvalue weighted by Gasteiger charge is 2.36. The van der Waals surface area contributed by atoms with Gasteiger partial charge in [-0.15, -0.1) is 0 Å². The van der Waals surface area contributed by atoms with E-state index in [1.54, 1.807) is 19.2 Å². The van der Waals surface area contributed by atoms with E-state index in [4.69, 9.17) is 4.42 Å². The van der Waals surface area contributed by atoms with Gasteiger partial charge in [0.1, 0.15) is 17.3 Å². The fourth-order valence-corrected chi connectivity index (χ4v) is 2.54. The highest BCUT2D eigenvalue weighted by molar-refractivity contribution is 5.94. The van der Waals surface area contributed by atoms with Gasteiger partial charge in [-0.1, -0.05) is 19.1 Å². The van der Waals surface area contributed by atoms with Gasteiger partial charge in [-0.05, 0) is 36.6 Å². The Hall–Kier alpha value is -2.10. The molecule has 1 aromatic carbocycles. The minimum absolute atomic E-state index is 0.0857. The molecule has 1 heterocycles. The van der Waals surface area contributed by atoms with Gasteiger partial charge in [0, 0.05) is 13.0 Å². The second-order valence-corrected chi connectivity index (χ2v) is 5.76. The topological polar surface area (TPSA) is 33.5 Å². The van der Waals surface area contributed by atoms with Crippen molar-refractivity contribution in [3.8, 4) is 0 Å². The first kappa shape index (κ1) is 13.9. The Morgan fingerprint density at radius 1 is 1.33 bits per heavy atom. The molecule has 2 atom stereocenters. The van der Waals surface area contributed by atoms with E-state index >= 15 is 0 Å². The van der Waals surface area contributed by atoms with E-state index in [1.807, 2.05) is 12.1 Å². The second kappa shape index (κ2) is 5.35. The van der Waals surface area contributed by atoms with E-state index in [9.17, 15) is 9.18 Å². The molecule has 1 amide bonds. The van der Waals surface area contributed by atoms with Crippen molar-refractivity contribution in [1.82, 2.24) is 4.90 Å². The second-order valence-electron chi connectivity index (χ2n) is 5.76. The van der Waals surface area contributed by atoms with Crippen molar-refractivity contribution in [1.29, 1.82) is 0 Å². The number of hydrogen-bond acceptors (Lipinski definition) is 2. The zero-order valence-electron chi connectivity index (χ0n) is 12.2. The number of carbonyl (C=O) groups excluding carboxylic acids is 1. The quantitative estimate of drug-likeness (QED) is 0.856. The van der Waals surface area contributed by atoms with Gasteiger partial charge in [0.05, 0.1) is 12.1 Å². The molecule has 1 aromatic heterocycles. The predicted octanol–water partition coefficient (Wildman–Crippen LogP) is 3.81. The van der Waals surface area contributed by atoms with E-state index in [-0.39, 0.29) is 11.5 Å². The SMILES string of the molecule is CC1CC1c1ccc(CN(C)C(=O)c2ccccc2F)o1. The number of hydrogen-bond donors (Lipinski definition) is 0. The number of benzene rings is 1. The number of rotatable bonds is 4. The number of amides is 1. The maximum absolute atomic E-state index is 13.6. The van der Waals surface area contributed by atoms with Gasteiger partial charge in [0.2, 0.25) is 0 Å². The third-order valence-electron chi connectivity index (χ3n) is 4.00. The lowest BCUT2D eigenvalue weighted by molar-refractivity contribution is 0.0770. The maximum atomic E-state index is 13.6. The monoisotopic (exact) mass is 287 g/mol. The normalized spacial score (nSPS) is 20.3. The Kier molecular flexibility index (Phi) is 3.53. The van der Waals surface area contributed by atoms with Crippen LogP contribution >= 0.6 is 0 Å². The molecule has 3 rings (SSSR count). The molecule has 2 aromatic rings. The molecule has 1 fully saturated rings. The van der Waals surface area contributed by atoms with Crippen molar-refractivity contribution < 1.29 is 13.6 Å². The molecule has 4 heteroatoms. The molecule has 0 bridgehead atoms. The van der Waals surface area contributed by atoms with Crippen LogP contribution in [0.5, 0.6) is 0 Å². The Balaban J connectivity index is 1.68. The summed E-state index contributed by atoms with van der Waals surface area (Å²) in [7, 11) is 1.65. The van der Waals surface area contributed by atoms with Gasteiger partial charge in [-0.3, -0.25) is 4.79 Å². The van der Waals surface area contributed by atoms with E-state index < -0.39 is 5.82 Å². The Bertz CT molecular complexity index is 664. The van der Waals surface area contributed by atoms with Crippen molar-refractivity contribution in [3.63, 3.8) is 0 Å². The lowest BCUT2D eigenvalue weighted by atomic mass is 10.2. The summed E-state index contributed by atoms with van der Waals surface area (Å²) in [6, 6.07) is 9.88. The summed E-state index contributed by atoms with van der Waals surface area (Å²) >= 11 is 0. The standard InChI is InChI=1S/C17H18FNO2/c1-11-9-14(11)16-8-7-12(21-16)10-19(2)17(20)13-5-3-4-6-15(13)18/h3-8,11,14H,9-10H2,1-2H3. The van der Waals surface area contributed by atoms with Gasteiger partial charge in [0.25, 0.3) is 5.91 Å². The zero-order chi connectivity index (χ0) is 15.0. The smallest absolute Gasteiger partial charge is 0.256 e. The zero-order valence-corrected chi connectivity index (χ0v) is 12.2. The minimum atomic E-state index is -0.499. The molecule has 0 aliphatic heterocycles. The van der Waals surface area contributed by atoms with Gasteiger partial charge in [-0.2, -0.15) is 0 Å². The molecular formula is C17H18FNO2. The van der Waals surface area contributed by atoms with Crippen LogP contribution in [0.3, 0.4) is 0 Å². The molecule has 1 saturated carbocycles. The first-order valence-electron chi connectivity index (χ1n) is 7.15. The predicted molar refractivity (Wildman–Crippen MR) is 77.4 cm³/mol. The minimum Gasteiger partial charge on any atom is -0.464 e. The first-order chi connectivity index (χ1) is 10.1. The van der Waals surface area contributed by atoms with Crippen LogP contribution in [0.2, 0.25) is 0 Å². The van der Waals surface area contributed by atoms with E-state index in [2.05, 4.69) is 6.92 Å². The van der Waals surface area contributed by atoms with Gasteiger partial charge in [0.15, 0.2) is 0 Å². The molecule has 1 aliphatic carbocycles. The van der Waals surface area contributed by atoms with Crippen LogP contribution in [0.1, 0.15) is 41.1 Å². The molecule has 1 aliphatic rings. The van der Waals surface area contributed by atoms with Gasteiger partial charge in [-0.25, -0.2) is 4.39 Å². The van der Waals surface area contributed by atoms with Crippen molar-refractivity contribution in [2.45, 2.75) is 25.8 Å². The Morgan fingerprint density at radius 3 is 2.71 bits per heavy atom. The van der Waals surface area contributed by atoms with Crippen LogP contribution in [0.4, 0.5) is 4.39 Å². The molecule has 110 valence electrons. The van der Waals surface area contributed by atoms with Crippen LogP contribution in [-0.2, 0) is 6.54 Å². The lowest BCUT2D eigenvalue weighted by Crippen LogP contribution is -2.26. The van der Waals surface area contributed by atoms with Gasteiger partial charge < -0.3 is 9.32 Å². The van der Waals surface area contributed by atoms with E-state index in [0.29, 0.717) is 18.4 Å². The first-order valence-corrected chi connectivity index (χ1v) is 7.15. The van der Waals surface area contributed by atoms with Crippen molar-refractivity contribution in [2.75, 3.05) is 7.05 Å². The molecule has 0 saturated heterocycles. The summed E-state index contributed by atoms with van der Waals surface area (Å²) in [5.74, 6) is 2.08. The number of nitrogens with zero attached hydrogens (tertiary/aromatic N) is 1. The molecule has 0 radical (unpaired) electrons. The van der Waals surface area contributed by atoms with Crippen LogP contribution in [0.15, 0.2) is 40.8 Å². The average Bonchev–Trinajstić information content (AvgIpc) is 3.01. The Morgan fingerprint density at radius 2 is 2.05 bits per heavy atom. The van der Waals surface area contributed by atoms with Crippen LogP contribution in [0, 0.1) is 11.7 Å². The van der Waals surface area contributed by atoms with E-state index in [1.165, 1.54) is 17.0 Å². The average molecular weight is 287 g/mol. The lowest BCUT2D eigenvalue weighted by Gasteiger charge is -2.16. The summed E-state index contributed by atoms with van der Waals surface area (Å²) in [6.45, 7) is 2.54. The van der Waals surface area contributed by atoms with Crippen LogP contribution in [0.25, 0.3) is 0 Å². The number of carbonyl (C=O) groups is 1. The number of furan rings is 1. The third-order valence-corrected chi connectivity index (χ3v) is 4.00. The third kappa shape index (κ3) is 2.84. The molecule has 0 N–H and O–H groups in total. The van der Waals surface area contributed by atoms with E-state index in [0.717, 1.165) is 17.9 Å². The highest BCUT2D eigenvalue weighted by atomic mass is 19.1. The fraction of sp³-hybridized carbons (Fsp3) is 0.353. The summed E-state index contributed by atoms with van der Waals surface area (Å²) in [4.78, 5) is 13.7. The molecule has 21 heavy (non-hydrogen) atoms. The fourth-order valence-electron chi connectivity index (χ4n) is 2.54. The van der Waals surface area contributed by atoms with Crippen molar-refractivity contribution in [3.05, 3.63) is 59.3 Å². The molecule has 3 nitrogen and oxygen atoms in total. The number of halogens is 1. The molecular weight excluding hydrogens is 269 g/mol. The summed E-state index contributed by atoms with van der Waals surface area (Å²) < 4.78 is 19.4. The summed E-state index contributed by atoms with van der Waals surface area (Å²) in [6.07, 6.45) is 1.16.